The average molecular weight is 323 g/mol. The summed E-state index contributed by atoms with van der Waals surface area (Å²) in [4.78, 5) is 18.2. The van der Waals surface area contributed by atoms with E-state index in [4.69, 9.17) is 0 Å². The normalized spacial score (nSPS) is 26.2. The Bertz CT molecular complexity index is 647. The number of fused-ring (bicyclic) bond motifs is 1. The zero-order valence-electron chi connectivity index (χ0n) is 12.7. The highest BCUT2D eigenvalue weighted by atomic mass is 32.2. The van der Waals surface area contributed by atoms with E-state index in [0.717, 1.165) is 12.0 Å². The van der Waals surface area contributed by atoms with Crippen LogP contribution in [0.15, 0.2) is 24.5 Å². The molecule has 2 atom stereocenters. The van der Waals surface area contributed by atoms with E-state index in [0.29, 0.717) is 25.9 Å². The van der Waals surface area contributed by atoms with Crippen LogP contribution in [-0.4, -0.2) is 52.9 Å². The van der Waals surface area contributed by atoms with E-state index in [1.165, 1.54) is 0 Å². The molecule has 120 valence electrons. The highest BCUT2D eigenvalue weighted by molar-refractivity contribution is 7.89. The van der Waals surface area contributed by atoms with Crippen LogP contribution >= 0.6 is 0 Å². The molecule has 2 saturated heterocycles. The van der Waals surface area contributed by atoms with Gasteiger partial charge in [0, 0.05) is 44.0 Å². The first-order valence-electron chi connectivity index (χ1n) is 7.71. The molecule has 0 unspecified atom stereocenters. The molecule has 6 nitrogen and oxygen atoms in total. The minimum Gasteiger partial charge on any atom is -0.334 e. The second-order valence-corrected chi connectivity index (χ2v) is 8.07. The van der Waals surface area contributed by atoms with E-state index < -0.39 is 10.0 Å². The number of carbonyl (C=O) groups is 1. The fraction of sp³-hybridized carbons (Fsp3) is 0.600. The van der Waals surface area contributed by atoms with E-state index in [1.54, 1.807) is 23.6 Å². The zero-order valence-corrected chi connectivity index (χ0v) is 13.5. The van der Waals surface area contributed by atoms with Crippen LogP contribution in [0.1, 0.15) is 31.7 Å². The third-order valence-corrected chi connectivity index (χ3v) is 6.53. The number of hydrogen-bond acceptors (Lipinski definition) is 4. The smallest absolute Gasteiger partial charge is 0.223 e. The number of piperidine rings is 1. The molecule has 0 bridgehead atoms. The second kappa shape index (κ2) is 5.96. The quantitative estimate of drug-likeness (QED) is 0.829. The van der Waals surface area contributed by atoms with E-state index in [2.05, 4.69) is 4.98 Å². The van der Waals surface area contributed by atoms with Crippen molar-refractivity contribution < 1.29 is 13.2 Å². The molecule has 3 rings (SSSR count). The number of aromatic nitrogens is 1. The summed E-state index contributed by atoms with van der Waals surface area (Å²) >= 11 is 0. The molecule has 1 aromatic heterocycles. The zero-order chi connectivity index (χ0) is 15.7. The molecule has 3 heterocycles. The number of pyridine rings is 1. The number of carbonyl (C=O) groups excluding carboxylic acids is 1. The fourth-order valence-electron chi connectivity index (χ4n) is 3.51. The lowest BCUT2D eigenvalue weighted by atomic mass is 9.96. The van der Waals surface area contributed by atoms with Gasteiger partial charge in [0.05, 0.1) is 5.75 Å². The SMILES string of the molecule is CCS(=O)(=O)N1CC[C@@H]2[C@H]1CCC(=O)N2Cc1cccnc1. The second-order valence-electron chi connectivity index (χ2n) is 5.86. The van der Waals surface area contributed by atoms with Gasteiger partial charge >= 0.3 is 0 Å². The largest absolute Gasteiger partial charge is 0.334 e. The van der Waals surface area contributed by atoms with Crippen LogP contribution in [0.5, 0.6) is 0 Å². The van der Waals surface area contributed by atoms with Crippen molar-refractivity contribution in [2.75, 3.05) is 12.3 Å². The minimum absolute atomic E-state index is 0.0113. The van der Waals surface area contributed by atoms with Crippen molar-refractivity contribution in [3.05, 3.63) is 30.1 Å². The number of rotatable bonds is 4. The van der Waals surface area contributed by atoms with Crippen molar-refractivity contribution >= 4 is 15.9 Å². The van der Waals surface area contributed by atoms with Crippen LogP contribution in [0.4, 0.5) is 0 Å². The molecule has 0 radical (unpaired) electrons. The van der Waals surface area contributed by atoms with Gasteiger partial charge in [0.1, 0.15) is 0 Å². The van der Waals surface area contributed by atoms with Crippen LogP contribution < -0.4 is 0 Å². The predicted octanol–water partition coefficient (Wildman–Crippen LogP) is 0.997. The standard InChI is InChI=1S/C15H21N3O3S/c1-2-22(20,21)18-9-7-13-14(18)5-6-15(19)17(13)11-12-4-3-8-16-10-12/h3-4,8,10,13-14H,2,5-7,9,11H2,1H3/t13-,14-/m1/s1. The van der Waals surface area contributed by atoms with Gasteiger partial charge in [0.2, 0.25) is 15.9 Å². The Morgan fingerprint density at radius 3 is 2.82 bits per heavy atom. The summed E-state index contributed by atoms with van der Waals surface area (Å²) < 4.78 is 26.0. The lowest BCUT2D eigenvalue weighted by Gasteiger charge is -2.39. The fourth-order valence-corrected chi connectivity index (χ4v) is 4.89. The summed E-state index contributed by atoms with van der Waals surface area (Å²) in [5.74, 6) is 0.230. The lowest BCUT2D eigenvalue weighted by molar-refractivity contribution is -0.138. The molecule has 2 aliphatic heterocycles. The van der Waals surface area contributed by atoms with Crippen LogP contribution in [-0.2, 0) is 21.4 Å². The van der Waals surface area contributed by atoms with Gasteiger partial charge in [-0.05, 0) is 31.4 Å². The summed E-state index contributed by atoms with van der Waals surface area (Å²) in [5, 5.41) is 0. The molecule has 2 aliphatic rings. The Labute approximate surface area is 131 Å². The van der Waals surface area contributed by atoms with Crippen LogP contribution in [0.2, 0.25) is 0 Å². The van der Waals surface area contributed by atoms with Crippen LogP contribution in [0.3, 0.4) is 0 Å². The Kier molecular flexibility index (Phi) is 4.18. The van der Waals surface area contributed by atoms with Crippen molar-refractivity contribution in [1.29, 1.82) is 0 Å². The Balaban J connectivity index is 1.82. The maximum atomic E-state index is 12.3. The van der Waals surface area contributed by atoms with Crippen molar-refractivity contribution in [3.63, 3.8) is 0 Å². The first kappa shape index (κ1) is 15.4. The Morgan fingerprint density at radius 2 is 2.14 bits per heavy atom. The minimum atomic E-state index is -3.20. The van der Waals surface area contributed by atoms with Crippen molar-refractivity contribution in [2.45, 2.75) is 44.8 Å². The maximum absolute atomic E-state index is 12.3. The van der Waals surface area contributed by atoms with Crippen molar-refractivity contribution in [2.24, 2.45) is 0 Å². The third-order valence-electron chi connectivity index (χ3n) is 4.63. The van der Waals surface area contributed by atoms with Gasteiger partial charge in [0.15, 0.2) is 0 Å². The molecule has 1 amide bonds. The number of sulfonamides is 1. The molecule has 7 heteroatoms. The van der Waals surface area contributed by atoms with E-state index in [9.17, 15) is 13.2 Å². The average Bonchev–Trinajstić information content (AvgIpc) is 2.96. The first-order valence-corrected chi connectivity index (χ1v) is 9.31. The number of likely N-dealkylation sites (tertiary alicyclic amines) is 1. The molecular formula is C15H21N3O3S. The topological polar surface area (TPSA) is 70.6 Å². The third kappa shape index (κ3) is 2.75. The molecule has 22 heavy (non-hydrogen) atoms. The maximum Gasteiger partial charge on any atom is 0.223 e. The van der Waals surface area contributed by atoms with Crippen LogP contribution in [0, 0.1) is 0 Å². The summed E-state index contributed by atoms with van der Waals surface area (Å²) in [6.07, 6.45) is 5.22. The molecule has 1 aromatic rings. The first-order chi connectivity index (χ1) is 10.5. The molecule has 0 aliphatic carbocycles. The number of amides is 1. The van der Waals surface area contributed by atoms with Gasteiger partial charge in [0.25, 0.3) is 0 Å². The van der Waals surface area contributed by atoms with Gasteiger partial charge < -0.3 is 4.90 Å². The summed E-state index contributed by atoms with van der Waals surface area (Å²) in [6, 6.07) is 3.71. The highest BCUT2D eigenvalue weighted by Gasteiger charge is 2.46. The lowest BCUT2D eigenvalue weighted by Crippen LogP contribution is -2.52. The number of hydrogen-bond donors (Lipinski definition) is 0. The van der Waals surface area contributed by atoms with Gasteiger partial charge in [-0.1, -0.05) is 6.07 Å². The van der Waals surface area contributed by atoms with Gasteiger partial charge in [-0.2, -0.15) is 4.31 Å². The van der Waals surface area contributed by atoms with Crippen molar-refractivity contribution in [3.8, 4) is 0 Å². The van der Waals surface area contributed by atoms with E-state index in [1.807, 2.05) is 17.0 Å². The predicted molar refractivity (Wildman–Crippen MR) is 82.4 cm³/mol. The molecule has 0 spiro atoms. The molecule has 2 fully saturated rings. The summed E-state index contributed by atoms with van der Waals surface area (Å²) in [6.45, 7) is 2.69. The van der Waals surface area contributed by atoms with Gasteiger partial charge in [-0.25, -0.2) is 8.42 Å². The summed E-state index contributed by atoms with van der Waals surface area (Å²) in [5.41, 5.74) is 0.980. The van der Waals surface area contributed by atoms with E-state index >= 15 is 0 Å². The van der Waals surface area contributed by atoms with E-state index in [-0.39, 0.29) is 23.7 Å². The van der Waals surface area contributed by atoms with Gasteiger partial charge in [-0.3, -0.25) is 9.78 Å². The summed E-state index contributed by atoms with van der Waals surface area (Å²) in [7, 11) is -3.20. The molecule has 0 saturated carbocycles. The number of nitrogens with zero attached hydrogens (tertiary/aromatic N) is 3. The monoisotopic (exact) mass is 323 g/mol. The molecular weight excluding hydrogens is 302 g/mol. The molecule has 0 N–H and O–H groups in total. The highest BCUT2D eigenvalue weighted by Crippen LogP contribution is 2.34. The van der Waals surface area contributed by atoms with Crippen molar-refractivity contribution in [1.82, 2.24) is 14.2 Å². The van der Waals surface area contributed by atoms with Gasteiger partial charge in [-0.15, -0.1) is 0 Å². The molecule has 0 aromatic carbocycles. The Morgan fingerprint density at radius 1 is 1.32 bits per heavy atom. The Hall–Kier alpha value is -1.47. The van der Waals surface area contributed by atoms with Crippen LogP contribution in [0.25, 0.3) is 0 Å².